The van der Waals surface area contributed by atoms with Crippen molar-refractivity contribution in [3.05, 3.63) is 0 Å². The van der Waals surface area contributed by atoms with Gasteiger partial charge in [0.25, 0.3) is 0 Å². The monoisotopic (exact) mass is 292 g/mol. The molecule has 5 heteroatoms. The Morgan fingerprint density at radius 2 is 2.26 bits per heavy atom. The van der Waals surface area contributed by atoms with Crippen LogP contribution in [-0.2, 0) is 9.53 Å². The molecule has 0 aromatic heterocycles. The Hall–Kier alpha value is -0.320. The van der Waals surface area contributed by atoms with E-state index in [1.54, 1.807) is 0 Å². The van der Waals surface area contributed by atoms with E-state index in [0.717, 1.165) is 38.4 Å². The molecule has 0 radical (unpaired) electrons. The molecule has 1 heterocycles. The highest BCUT2D eigenvalue weighted by molar-refractivity contribution is 5.85. The number of carbonyl (C=O) groups is 1. The molecule has 4 nitrogen and oxygen atoms in total. The van der Waals surface area contributed by atoms with Gasteiger partial charge in [-0.25, -0.2) is 0 Å². The van der Waals surface area contributed by atoms with Crippen LogP contribution in [0.15, 0.2) is 0 Å². The fraction of sp³-hybridized carbons (Fsp3) is 0.929. The minimum atomic E-state index is 0. The van der Waals surface area contributed by atoms with Crippen LogP contribution in [0.2, 0.25) is 0 Å². The van der Waals surface area contributed by atoms with Gasteiger partial charge in [-0.2, -0.15) is 0 Å². The molecule has 1 rings (SSSR count). The minimum absolute atomic E-state index is 0. The zero-order valence-corrected chi connectivity index (χ0v) is 12.9. The molecule has 2 N–H and O–H groups in total. The number of unbranched alkanes of at least 4 members (excludes halogenated alkanes) is 2. The maximum absolute atomic E-state index is 11.5. The summed E-state index contributed by atoms with van der Waals surface area (Å²) in [6.45, 7) is 6.11. The SMILES string of the molecule is CCCCCOCC(=O)NCCC1CCCNC1.Cl. The lowest BCUT2D eigenvalue weighted by Gasteiger charge is -2.22. The molecular formula is C14H29ClN2O2. The summed E-state index contributed by atoms with van der Waals surface area (Å²) in [6.07, 6.45) is 7.04. The summed E-state index contributed by atoms with van der Waals surface area (Å²) >= 11 is 0. The Kier molecular flexibility index (Phi) is 12.5. The van der Waals surface area contributed by atoms with Crippen LogP contribution in [0.5, 0.6) is 0 Å². The van der Waals surface area contributed by atoms with E-state index in [0.29, 0.717) is 6.61 Å². The van der Waals surface area contributed by atoms with Crippen LogP contribution < -0.4 is 10.6 Å². The zero-order chi connectivity index (χ0) is 13.1. The van der Waals surface area contributed by atoms with E-state index in [4.69, 9.17) is 4.74 Å². The van der Waals surface area contributed by atoms with Gasteiger partial charge >= 0.3 is 0 Å². The lowest BCUT2D eigenvalue weighted by molar-refractivity contribution is -0.125. The Morgan fingerprint density at radius 3 is 2.95 bits per heavy atom. The average Bonchev–Trinajstić information content (AvgIpc) is 2.40. The highest BCUT2D eigenvalue weighted by atomic mass is 35.5. The number of hydrogen-bond acceptors (Lipinski definition) is 3. The van der Waals surface area contributed by atoms with Gasteiger partial charge in [-0.15, -0.1) is 12.4 Å². The van der Waals surface area contributed by atoms with Gasteiger partial charge in [-0.3, -0.25) is 4.79 Å². The van der Waals surface area contributed by atoms with E-state index < -0.39 is 0 Å². The lowest BCUT2D eigenvalue weighted by atomic mass is 9.96. The molecule has 19 heavy (non-hydrogen) atoms. The number of carbonyl (C=O) groups excluding carboxylic acids is 1. The highest BCUT2D eigenvalue weighted by Crippen LogP contribution is 2.12. The highest BCUT2D eigenvalue weighted by Gasteiger charge is 2.12. The van der Waals surface area contributed by atoms with Crippen molar-refractivity contribution in [1.29, 1.82) is 0 Å². The van der Waals surface area contributed by atoms with E-state index in [2.05, 4.69) is 17.6 Å². The molecule has 0 saturated carbocycles. The van der Waals surface area contributed by atoms with E-state index in [-0.39, 0.29) is 24.9 Å². The summed E-state index contributed by atoms with van der Waals surface area (Å²) in [5, 5.41) is 6.32. The van der Waals surface area contributed by atoms with Crippen LogP contribution in [0.4, 0.5) is 0 Å². The first-order valence-corrected chi connectivity index (χ1v) is 7.38. The van der Waals surface area contributed by atoms with Crippen molar-refractivity contribution in [1.82, 2.24) is 10.6 Å². The summed E-state index contributed by atoms with van der Waals surface area (Å²) in [5.41, 5.74) is 0. The Labute approximate surface area is 123 Å². The second-order valence-corrected chi connectivity index (χ2v) is 5.11. The molecule has 1 aliphatic heterocycles. The fourth-order valence-corrected chi connectivity index (χ4v) is 2.26. The third-order valence-electron chi connectivity index (χ3n) is 3.40. The van der Waals surface area contributed by atoms with E-state index >= 15 is 0 Å². The normalized spacial score (nSPS) is 18.7. The van der Waals surface area contributed by atoms with Crippen molar-refractivity contribution in [3.63, 3.8) is 0 Å². The van der Waals surface area contributed by atoms with Crippen LogP contribution in [0.25, 0.3) is 0 Å². The van der Waals surface area contributed by atoms with Crippen LogP contribution in [0.1, 0.15) is 45.4 Å². The lowest BCUT2D eigenvalue weighted by Crippen LogP contribution is -2.34. The number of halogens is 1. The number of amides is 1. The summed E-state index contributed by atoms with van der Waals surface area (Å²) in [6, 6.07) is 0. The van der Waals surface area contributed by atoms with Gasteiger partial charge in [0.1, 0.15) is 6.61 Å². The Bertz CT molecular complexity index is 221. The summed E-state index contributed by atoms with van der Waals surface area (Å²) in [4.78, 5) is 11.5. The minimum Gasteiger partial charge on any atom is -0.372 e. The van der Waals surface area contributed by atoms with Crippen molar-refractivity contribution in [2.75, 3.05) is 32.8 Å². The topological polar surface area (TPSA) is 50.4 Å². The van der Waals surface area contributed by atoms with Crippen molar-refractivity contribution in [3.8, 4) is 0 Å². The van der Waals surface area contributed by atoms with Gasteiger partial charge in [-0.05, 0) is 44.7 Å². The van der Waals surface area contributed by atoms with Crippen LogP contribution in [0, 0.1) is 5.92 Å². The van der Waals surface area contributed by atoms with E-state index in [9.17, 15) is 4.79 Å². The maximum Gasteiger partial charge on any atom is 0.245 e. The predicted molar refractivity (Wildman–Crippen MR) is 80.8 cm³/mol. The van der Waals surface area contributed by atoms with Crippen molar-refractivity contribution in [2.45, 2.75) is 45.4 Å². The number of rotatable bonds is 9. The molecule has 1 saturated heterocycles. The largest absolute Gasteiger partial charge is 0.372 e. The maximum atomic E-state index is 11.5. The smallest absolute Gasteiger partial charge is 0.245 e. The number of nitrogens with one attached hydrogen (secondary N) is 2. The first kappa shape index (κ1) is 18.7. The first-order valence-electron chi connectivity index (χ1n) is 7.38. The number of piperidine rings is 1. The van der Waals surface area contributed by atoms with Gasteiger partial charge in [-0.1, -0.05) is 19.8 Å². The first-order chi connectivity index (χ1) is 8.83. The average molecular weight is 293 g/mol. The Balaban J connectivity index is 0.00000324. The molecule has 0 spiro atoms. The molecule has 0 aliphatic carbocycles. The van der Waals surface area contributed by atoms with Gasteiger partial charge < -0.3 is 15.4 Å². The molecular weight excluding hydrogens is 264 g/mol. The number of hydrogen-bond donors (Lipinski definition) is 2. The van der Waals surface area contributed by atoms with E-state index in [1.165, 1.54) is 25.7 Å². The summed E-state index contributed by atoms with van der Waals surface area (Å²) in [7, 11) is 0. The van der Waals surface area contributed by atoms with Crippen molar-refractivity contribution >= 4 is 18.3 Å². The van der Waals surface area contributed by atoms with Gasteiger partial charge in [0.05, 0.1) is 0 Å². The molecule has 1 fully saturated rings. The van der Waals surface area contributed by atoms with Crippen LogP contribution in [0.3, 0.4) is 0 Å². The molecule has 0 aromatic rings. The molecule has 1 atom stereocenters. The van der Waals surface area contributed by atoms with Gasteiger partial charge in [0, 0.05) is 13.2 Å². The Morgan fingerprint density at radius 1 is 1.42 bits per heavy atom. The van der Waals surface area contributed by atoms with Crippen molar-refractivity contribution in [2.24, 2.45) is 5.92 Å². The second-order valence-electron chi connectivity index (χ2n) is 5.11. The summed E-state index contributed by atoms with van der Waals surface area (Å²) < 4.78 is 5.32. The predicted octanol–water partition coefficient (Wildman–Crippen LogP) is 2.12. The van der Waals surface area contributed by atoms with Crippen molar-refractivity contribution < 1.29 is 9.53 Å². The van der Waals surface area contributed by atoms with Gasteiger partial charge in [0.15, 0.2) is 0 Å². The van der Waals surface area contributed by atoms with Gasteiger partial charge in [0.2, 0.25) is 5.91 Å². The molecule has 1 amide bonds. The molecule has 1 aliphatic rings. The quantitative estimate of drug-likeness (QED) is 0.640. The standard InChI is InChI=1S/C14H28N2O2.ClH/c1-2-3-4-10-18-12-14(17)16-9-7-13-6-5-8-15-11-13;/h13,15H,2-12H2,1H3,(H,16,17);1H. The molecule has 0 aromatic carbocycles. The second kappa shape index (κ2) is 12.7. The third-order valence-corrected chi connectivity index (χ3v) is 3.40. The molecule has 1 unspecified atom stereocenters. The molecule has 0 bridgehead atoms. The van der Waals surface area contributed by atoms with E-state index in [1.807, 2.05) is 0 Å². The number of ether oxygens (including phenoxy) is 1. The zero-order valence-electron chi connectivity index (χ0n) is 12.1. The summed E-state index contributed by atoms with van der Waals surface area (Å²) in [5.74, 6) is 0.750. The third kappa shape index (κ3) is 10.2. The fourth-order valence-electron chi connectivity index (χ4n) is 2.26. The molecule has 114 valence electrons. The van der Waals surface area contributed by atoms with Crippen LogP contribution in [-0.4, -0.2) is 38.8 Å². The van der Waals surface area contributed by atoms with Crippen LogP contribution >= 0.6 is 12.4 Å².